The van der Waals surface area contributed by atoms with Gasteiger partial charge < -0.3 is 16.4 Å². The summed E-state index contributed by atoms with van der Waals surface area (Å²) >= 11 is 0. The second-order valence-corrected chi connectivity index (χ2v) is 5.93. The van der Waals surface area contributed by atoms with E-state index in [-0.39, 0.29) is 36.7 Å². The van der Waals surface area contributed by atoms with Crippen LogP contribution >= 0.6 is 12.4 Å². The van der Waals surface area contributed by atoms with E-state index in [0.717, 1.165) is 30.5 Å². The molecule has 2 amide bonds. The van der Waals surface area contributed by atoms with Gasteiger partial charge in [0, 0.05) is 18.2 Å². The lowest BCUT2D eigenvalue weighted by atomic mass is 9.89. The standard InChI is InChI=1S/C16H21N3O2.ClH/c17-9-10-4-3-7-13(10)19-16(21)12-8-15(20)18-14-6-2-1-5-11(12)14;/h1-2,5-6,10,12-13H,3-4,7-9,17H2,(H,18,20)(H,19,21);1H. The molecule has 1 aliphatic heterocycles. The monoisotopic (exact) mass is 323 g/mol. The summed E-state index contributed by atoms with van der Waals surface area (Å²) in [7, 11) is 0. The van der Waals surface area contributed by atoms with Crippen molar-refractivity contribution in [2.75, 3.05) is 11.9 Å². The Bertz CT molecular complexity index is 564. The topological polar surface area (TPSA) is 84.2 Å². The number of halogens is 1. The smallest absolute Gasteiger partial charge is 0.228 e. The summed E-state index contributed by atoms with van der Waals surface area (Å²) in [6.07, 6.45) is 3.37. The molecule has 4 N–H and O–H groups in total. The first kappa shape index (κ1) is 16.8. The fourth-order valence-corrected chi connectivity index (χ4v) is 3.44. The molecule has 3 rings (SSSR count). The number of hydrogen-bond donors (Lipinski definition) is 3. The van der Waals surface area contributed by atoms with Crippen LogP contribution in [-0.2, 0) is 9.59 Å². The van der Waals surface area contributed by atoms with E-state index < -0.39 is 5.92 Å². The van der Waals surface area contributed by atoms with Crippen LogP contribution in [0, 0.1) is 5.92 Å². The van der Waals surface area contributed by atoms with Crippen LogP contribution < -0.4 is 16.4 Å². The number of amides is 2. The van der Waals surface area contributed by atoms with E-state index in [1.165, 1.54) is 0 Å². The Balaban J connectivity index is 0.00000176. The van der Waals surface area contributed by atoms with Gasteiger partial charge in [-0.1, -0.05) is 24.6 Å². The maximum Gasteiger partial charge on any atom is 0.228 e. The molecule has 5 nitrogen and oxygen atoms in total. The number of nitrogens with one attached hydrogen (secondary N) is 2. The van der Waals surface area contributed by atoms with Crippen molar-refractivity contribution in [1.29, 1.82) is 0 Å². The van der Waals surface area contributed by atoms with E-state index in [4.69, 9.17) is 5.73 Å². The number of nitrogens with two attached hydrogens (primary N) is 1. The lowest BCUT2D eigenvalue weighted by Crippen LogP contribution is -2.43. The first-order valence-corrected chi connectivity index (χ1v) is 7.58. The molecule has 3 atom stereocenters. The van der Waals surface area contributed by atoms with Gasteiger partial charge in [0.25, 0.3) is 0 Å². The van der Waals surface area contributed by atoms with Crippen molar-refractivity contribution in [2.24, 2.45) is 11.7 Å². The van der Waals surface area contributed by atoms with Crippen LogP contribution in [0.3, 0.4) is 0 Å². The molecule has 2 aliphatic rings. The largest absolute Gasteiger partial charge is 0.353 e. The number of rotatable bonds is 3. The summed E-state index contributed by atoms with van der Waals surface area (Å²) in [6.45, 7) is 0.604. The maximum atomic E-state index is 12.6. The zero-order valence-electron chi connectivity index (χ0n) is 12.4. The molecule has 1 heterocycles. The number of benzene rings is 1. The fraction of sp³-hybridized carbons (Fsp3) is 0.500. The molecule has 3 unspecified atom stereocenters. The highest BCUT2D eigenvalue weighted by atomic mass is 35.5. The Morgan fingerprint density at radius 1 is 1.32 bits per heavy atom. The predicted molar refractivity (Wildman–Crippen MR) is 88.0 cm³/mol. The summed E-state index contributed by atoms with van der Waals surface area (Å²) < 4.78 is 0. The van der Waals surface area contributed by atoms with Gasteiger partial charge in [0.15, 0.2) is 0 Å². The molecule has 1 aliphatic carbocycles. The van der Waals surface area contributed by atoms with Gasteiger partial charge in [-0.05, 0) is 36.9 Å². The Labute approximate surface area is 136 Å². The first-order valence-electron chi connectivity index (χ1n) is 7.58. The minimum atomic E-state index is -0.394. The molecular formula is C16H22ClN3O2. The molecule has 6 heteroatoms. The third-order valence-corrected chi connectivity index (χ3v) is 4.61. The molecule has 1 saturated carbocycles. The fourth-order valence-electron chi connectivity index (χ4n) is 3.44. The third kappa shape index (κ3) is 3.25. The zero-order chi connectivity index (χ0) is 14.8. The lowest BCUT2D eigenvalue weighted by Gasteiger charge is -2.27. The van der Waals surface area contributed by atoms with E-state index in [1.54, 1.807) is 0 Å². The summed E-state index contributed by atoms with van der Waals surface area (Å²) in [6, 6.07) is 7.66. The highest BCUT2D eigenvalue weighted by Gasteiger charge is 2.34. The average molecular weight is 324 g/mol. The highest BCUT2D eigenvalue weighted by molar-refractivity contribution is 6.01. The summed E-state index contributed by atoms with van der Waals surface area (Å²) in [5.41, 5.74) is 7.41. The van der Waals surface area contributed by atoms with E-state index in [2.05, 4.69) is 10.6 Å². The summed E-state index contributed by atoms with van der Waals surface area (Å²) in [5, 5.41) is 5.93. The summed E-state index contributed by atoms with van der Waals surface area (Å²) in [5.74, 6) is -0.186. The van der Waals surface area contributed by atoms with Crippen LogP contribution in [0.4, 0.5) is 5.69 Å². The number of anilines is 1. The van der Waals surface area contributed by atoms with E-state index in [1.807, 2.05) is 24.3 Å². The van der Waals surface area contributed by atoms with Crippen molar-refractivity contribution < 1.29 is 9.59 Å². The van der Waals surface area contributed by atoms with Crippen LogP contribution in [0.25, 0.3) is 0 Å². The average Bonchev–Trinajstić information content (AvgIpc) is 2.93. The molecule has 120 valence electrons. The quantitative estimate of drug-likeness (QED) is 0.792. The van der Waals surface area contributed by atoms with Crippen molar-refractivity contribution >= 4 is 29.9 Å². The van der Waals surface area contributed by atoms with Gasteiger partial charge in [-0.3, -0.25) is 9.59 Å². The van der Waals surface area contributed by atoms with Gasteiger partial charge in [0.2, 0.25) is 11.8 Å². The Hall–Kier alpha value is -1.59. The predicted octanol–water partition coefficient (Wildman–Crippen LogP) is 1.78. The second kappa shape index (κ2) is 7.11. The number of carbonyl (C=O) groups excluding carboxylic acids is 2. The lowest BCUT2D eigenvalue weighted by molar-refractivity contribution is -0.127. The molecule has 0 aromatic heterocycles. The molecule has 1 aromatic rings. The number of hydrogen-bond acceptors (Lipinski definition) is 3. The first-order chi connectivity index (χ1) is 10.2. The normalized spacial score (nSPS) is 26.6. The maximum absolute atomic E-state index is 12.6. The molecule has 22 heavy (non-hydrogen) atoms. The number of carbonyl (C=O) groups is 2. The van der Waals surface area contributed by atoms with Crippen molar-refractivity contribution in [3.63, 3.8) is 0 Å². The SMILES string of the molecule is Cl.NCC1CCCC1NC(=O)C1CC(=O)Nc2ccccc21. The van der Waals surface area contributed by atoms with Crippen LogP contribution in [0.2, 0.25) is 0 Å². The summed E-state index contributed by atoms with van der Waals surface area (Å²) in [4.78, 5) is 24.4. The Morgan fingerprint density at radius 3 is 2.86 bits per heavy atom. The van der Waals surface area contributed by atoms with Crippen molar-refractivity contribution in [3.8, 4) is 0 Å². The molecule has 1 aromatic carbocycles. The molecular weight excluding hydrogens is 302 g/mol. The molecule has 1 fully saturated rings. The molecule has 0 spiro atoms. The van der Waals surface area contributed by atoms with Crippen molar-refractivity contribution in [2.45, 2.75) is 37.6 Å². The molecule has 0 saturated heterocycles. The van der Waals surface area contributed by atoms with Gasteiger partial charge in [-0.25, -0.2) is 0 Å². The molecule has 0 bridgehead atoms. The van der Waals surface area contributed by atoms with Crippen LogP contribution in [0.15, 0.2) is 24.3 Å². The third-order valence-electron chi connectivity index (χ3n) is 4.61. The van der Waals surface area contributed by atoms with E-state index in [9.17, 15) is 9.59 Å². The van der Waals surface area contributed by atoms with Gasteiger partial charge >= 0.3 is 0 Å². The Kier molecular flexibility index (Phi) is 5.42. The minimum absolute atomic E-state index is 0. The zero-order valence-corrected chi connectivity index (χ0v) is 13.2. The van der Waals surface area contributed by atoms with Crippen molar-refractivity contribution in [1.82, 2.24) is 5.32 Å². The van der Waals surface area contributed by atoms with Crippen LogP contribution in [0.1, 0.15) is 37.2 Å². The van der Waals surface area contributed by atoms with Gasteiger partial charge in [-0.2, -0.15) is 0 Å². The van der Waals surface area contributed by atoms with Crippen LogP contribution in [-0.4, -0.2) is 24.4 Å². The Morgan fingerprint density at radius 2 is 2.09 bits per heavy atom. The van der Waals surface area contributed by atoms with Gasteiger partial charge in [0.05, 0.1) is 5.92 Å². The molecule has 0 radical (unpaired) electrons. The number of fused-ring (bicyclic) bond motifs is 1. The van der Waals surface area contributed by atoms with Gasteiger partial charge in [-0.15, -0.1) is 12.4 Å². The second-order valence-electron chi connectivity index (χ2n) is 5.93. The van der Waals surface area contributed by atoms with E-state index >= 15 is 0 Å². The van der Waals surface area contributed by atoms with Crippen LogP contribution in [0.5, 0.6) is 0 Å². The van der Waals surface area contributed by atoms with Crippen molar-refractivity contribution in [3.05, 3.63) is 29.8 Å². The minimum Gasteiger partial charge on any atom is -0.353 e. The van der Waals surface area contributed by atoms with E-state index in [0.29, 0.717) is 12.5 Å². The van der Waals surface area contributed by atoms with Gasteiger partial charge in [0.1, 0.15) is 0 Å². The number of para-hydroxylation sites is 1. The highest BCUT2D eigenvalue weighted by Crippen LogP contribution is 2.33.